The van der Waals surface area contributed by atoms with Crippen LogP contribution in [0.25, 0.3) is 6.08 Å². The number of amides is 1. The molecule has 2 aliphatic rings. The fourth-order valence-corrected chi connectivity index (χ4v) is 4.99. The number of nitrogens with zero attached hydrogens (tertiary/aromatic N) is 1. The average molecular weight is 593 g/mol. The number of benzene rings is 2. The molecule has 9 nitrogen and oxygen atoms in total. The number of methoxy groups -OCH3 is 1. The number of carbonyl (C=O) groups excluding carboxylic acids is 2. The van der Waals surface area contributed by atoms with Crippen LogP contribution in [0.4, 0.5) is 14.9 Å². The van der Waals surface area contributed by atoms with Crippen LogP contribution >= 0.6 is 0 Å². The van der Waals surface area contributed by atoms with Crippen LogP contribution in [-0.4, -0.2) is 69.1 Å². The number of esters is 1. The van der Waals surface area contributed by atoms with Gasteiger partial charge in [0.05, 0.1) is 19.8 Å². The van der Waals surface area contributed by atoms with E-state index in [1.165, 1.54) is 19.2 Å². The Morgan fingerprint density at radius 1 is 1.19 bits per heavy atom. The first-order valence-corrected chi connectivity index (χ1v) is 14.0. The molecule has 0 saturated carbocycles. The predicted octanol–water partition coefficient (Wildman–Crippen LogP) is 5.68. The molecule has 0 spiro atoms. The summed E-state index contributed by atoms with van der Waals surface area (Å²) in [7, 11) is 8.44. The van der Waals surface area contributed by atoms with E-state index < -0.39 is 59.5 Å². The van der Waals surface area contributed by atoms with Crippen LogP contribution < -0.4 is 9.64 Å². The van der Waals surface area contributed by atoms with E-state index in [2.05, 4.69) is 0 Å². The number of aromatic hydroxyl groups is 1. The Balaban J connectivity index is 1.74. The number of rotatable bonds is 5. The largest absolute Gasteiger partial charge is 0.507 e. The second-order valence-electron chi connectivity index (χ2n) is 11.2. The molecule has 43 heavy (non-hydrogen) atoms. The fourth-order valence-electron chi connectivity index (χ4n) is 4.99. The SMILES string of the molecule is [B]C(=O)N(C)c1cc(O)c2c(c1)/C=C/C[C@@H]1OC(C)(C)O[C@@H]1[C@H](OCc1ccc(OC)cc1)/C(F)=C\[C@@H](C)[C@H](C)OC2=O. The summed E-state index contributed by atoms with van der Waals surface area (Å²) in [6.45, 7) is 6.94. The van der Waals surface area contributed by atoms with Gasteiger partial charge < -0.3 is 33.7 Å². The molecule has 2 aromatic carbocycles. The number of phenolic OH excluding ortho intramolecular Hbond substituents is 1. The van der Waals surface area contributed by atoms with Crippen LogP contribution in [-0.2, 0) is 25.6 Å². The summed E-state index contributed by atoms with van der Waals surface area (Å²) < 4.78 is 45.5. The highest BCUT2D eigenvalue weighted by molar-refractivity contribution is 6.60. The summed E-state index contributed by atoms with van der Waals surface area (Å²) in [4.78, 5) is 26.2. The first kappa shape index (κ1) is 32.3. The maximum absolute atomic E-state index is 16.1. The lowest BCUT2D eigenvalue weighted by molar-refractivity contribution is -0.158. The number of hydrogen-bond acceptors (Lipinski definition) is 8. The van der Waals surface area contributed by atoms with Gasteiger partial charge in [0, 0.05) is 24.7 Å². The van der Waals surface area contributed by atoms with Gasteiger partial charge in [-0.3, -0.25) is 4.79 Å². The minimum absolute atomic E-state index is 0.0976. The number of hydrogen-bond donors (Lipinski definition) is 1. The average Bonchev–Trinajstić information content (AvgIpc) is 3.25. The lowest BCUT2D eigenvalue weighted by atomic mass is 9.97. The number of carbonyl (C=O) groups is 2. The van der Waals surface area contributed by atoms with Crippen molar-refractivity contribution in [3.8, 4) is 11.5 Å². The van der Waals surface area contributed by atoms with E-state index in [-0.39, 0.29) is 24.3 Å². The summed E-state index contributed by atoms with van der Waals surface area (Å²) >= 11 is 0. The van der Waals surface area contributed by atoms with Gasteiger partial charge in [-0.2, -0.15) is 0 Å². The van der Waals surface area contributed by atoms with Gasteiger partial charge in [0.25, 0.3) is 0 Å². The smallest absolute Gasteiger partial charge is 0.342 e. The minimum Gasteiger partial charge on any atom is -0.507 e. The van der Waals surface area contributed by atoms with Crippen molar-refractivity contribution in [2.45, 2.75) is 70.9 Å². The summed E-state index contributed by atoms with van der Waals surface area (Å²) in [6.07, 6.45) is 1.60. The molecule has 2 aliphatic heterocycles. The van der Waals surface area contributed by atoms with E-state index in [1.54, 1.807) is 65.2 Å². The number of phenols is 1. The Bertz CT molecular complexity index is 1390. The van der Waals surface area contributed by atoms with Gasteiger partial charge in [-0.1, -0.05) is 31.2 Å². The topological polar surface area (TPSA) is 104 Å². The Morgan fingerprint density at radius 3 is 2.53 bits per heavy atom. The molecule has 0 aromatic heterocycles. The summed E-state index contributed by atoms with van der Waals surface area (Å²) in [6, 6.07) is 10.1. The van der Waals surface area contributed by atoms with Gasteiger partial charge in [0.2, 0.25) is 7.85 Å². The zero-order valence-corrected chi connectivity index (χ0v) is 25.2. The third kappa shape index (κ3) is 7.65. The molecule has 4 rings (SSSR count). The molecule has 0 aliphatic carbocycles. The van der Waals surface area contributed by atoms with Crippen molar-refractivity contribution in [1.29, 1.82) is 0 Å². The van der Waals surface area contributed by atoms with Crippen LogP contribution in [0, 0.1) is 5.92 Å². The van der Waals surface area contributed by atoms with Crippen LogP contribution in [0.1, 0.15) is 55.6 Å². The molecule has 2 aromatic rings. The van der Waals surface area contributed by atoms with Crippen molar-refractivity contribution in [3.63, 3.8) is 0 Å². The third-order valence-corrected chi connectivity index (χ3v) is 7.56. The first-order valence-electron chi connectivity index (χ1n) is 14.0. The second kappa shape index (κ2) is 13.3. The zero-order valence-electron chi connectivity index (χ0n) is 25.2. The van der Waals surface area contributed by atoms with E-state index >= 15 is 4.39 Å². The lowest BCUT2D eigenvalue weighted by Gasteiger charge is -2.27. The van der Waals surface area contributed by atoms with Gasteiger partial charge in [-0.05, 0) is 62.6 Å². The molecule has 1 saturated heterocycles. The van der Waals surface area contributed by atoms with Gasteiger partial charge in [0.15, 0.2) is 11.6 Å². The Kier molecular flexibility index (Phi) is 9.99. The number of cyclic esters (lactones) is 1. The van der Waals surface area contributed by atoms with Crippen molar-refractivity contribution in [2.24, 2.45) is 5.92 Å². The van der Waals surface area contributed by atoms with Crippen LogP contribution in [0.15, 0.2) is 54.4 Å². The van der Waals surface area contributed by atoms with Crippen molar-refractivity contribution in [1.82, 2.24) is 0 Å². The van der Waals surface area contributed by atoms with E-state index in [0.717, 1.165) is 10.5 Å². The van der Waals surface area contributed by atoms with E-state index in [1.807, 2.05) is 12.1 Å². The lowest BCUT2D eigenvalue weighted by Crippen LogP contribution is -2.38. The predicted molar refractivity (Wildman–Crippen MR) is 160 cm³/mol. The summed E-state index contributed by atoms with van der Waals surface area (Å²) in [5.74, 6) is -3.43. The van der Waals surface area contributed by atoms with Crippen molar-refractivity contribution >= 4 is 31.4 Å². The second-order valence-corrected chi connectivity index (χ2v) is 11.2. The normalized spacial score (nSPS) is 27.5. The Hall–Kier alpha value is -3.67. The highest BCUT2D eigenvalue weighted by Gasteiger charge is 2.46. The zero-order chi connectivity index (χ0) is 31.5. The van der Waals surface area contributed by atoms with E-state index in [9.17, 15) is 14.7 Å². The van der Waals surface area contributed by atoms with Crippen LogP contribution in [0.5, 0.6) is 11.5 Å². The highest BCUT2D eigenvalue weighted by atomic mass is 19.1. The molecular weight excluding hydrogens is 556 g/mol. The number of halogens is 1. The molecular formula is C32H37BFNO8. The minimum atomic E-state index is -1.12. The molecule has 1 N–H and O–H groups in total. The number of fused-ring (bicyclic) bond motifs is 2. The molecule has 2 heterocycles. The maximum Gasteiger partial charge on any atom is 0.342 e. The van der Waals surface area contributed by atoms with Gasteiger partial charge >= 0.3 is 5.97 Å². The van der Waals surface area contributed by atoms with Crippen LogP contribution in [0.3, 0.4) is 0 Å². The Labute approximate surface area is 252 Å². The molecule has 1 amide bonds. The number of ether oxygens (including phenoxy) is 5. The maximum atomic E-state index is 16.1. The Morgan fingerprint density at radius 2 is 1.88 bits per heavy atom. The van der Waals surface area contributed by atoms with E-state index in [4.69, 9.17) is 31.5 Å². The summed E-state index contributed by atoms with van der Waals surface area (Å²) in [5.41, 5.74) is 1.29. The standard InChI is InChI=1S/C32H37BFNO8/c1-18-14-24(34)28(40-17-20-10-12-23(39-6)13-11-20)29-26(42-32(3,4)43-29)9-7-8-21-15-22(35(5)31(33)38)16-25(36)27(21)30(37)41-19(18)2/h7-8,10-16,18-19,26,28-29,36H,9,17H2,1-6H3/b8-7+,24-14+/t18-,19+,26+,28-,29+/m1/s1. The summed E-state index contributed by atoms with van der Waals surface area (Å²) in [5, 5.41) is 10.8. The molecule has 11 heteroatoms. The van der Waals surface area contributed by atoms with Crippen molar-refractivity contribution in [2.75, 3.05) is 19.1 Å². The van der Waals surface area contributed by atoms with E-state index in [0.29, 0.717) is 11.3 Å². The third-order valence-electron chi connectivity index (χ3n) is 7.56. The molecule has 228 valence electrons. The molecule has 0 unspecified atom stereocenters. The van der Waals surface area contributed by atoms with Crippen molar-refractivity contribution in [3.05, 3.63) is 71.1 Å². The monoisotopic (exact) mass is 593 g/mol. The molecule has 2 radical (unpaired) electrons. The van der Waals surface area contributed by atoms with Gasteiger partial charge in [0.1, 0.15) is 41.2 Å². The molecule has 5 atom stereocenters. The first-order chi connectivity index (χ1) is 20.3. The van der Waals surface area contributed by atoms with Crippen LogP contribution in [0.2, 0.25) is 0 Å². The number of anilines is 1. The highest BCUT2D eigenvalue weighted by Crippen LogP contribution is 2.37. The quantitative estimate of drug-likeness (QED) is 0.349. The fraction of sp³-hybridized carbons (Fsp3) is 0.438. The van der Waals surface area contributed by atoms with Crippen molar-refractivity contribution < 1.29 is 42.8 Å². The van der Waals surface area contributed by atoms with Gasteiger partial charge in [-0.15, -0.1) is 0 Å². The molecule has 0 bridgehead atoms. The van der Waals surface area contributed by atoms with Gasteiger partial charge in [-0.25, -0.2) is 9.18 Å². The molecule has 1 fully saturated rings.